The zero-order valence-corrected chi connectivity index (χ0v) is 14.5. The van der Waals surface area contributed by atoms with Crippen molar-refractivity contribution >= 4 is 23.2 Å². The molecular weight excluding hydrogens is 328 g/mol. The molecule has 0 unspecified atom stereocenters. The van der Waals surface area contributed by atoms with Gasteiger partial charge in [-0.05, 0) is 37.4 Å². The molecule has 0 saturated carbocycles. The van der Waals surface area contributed by atoms with Crippen molar-refractivity contribution in [2.24, 2.45) is 0 Å². The number of ether oxygens (including phenoxy) is 2. The maximum Gasteiger partial charge on any atom is 0.238 e. The smallest absolute Gasteiger partial charge is 0.238 e. The largest absolute Gasteiger partial charge is 0.495 e. The van der Waals surface area contributed by atoms with Gasteiger partial charge in [0, 0.05) is 11.6 Å². The topological polar surface area (TPSA) is 50.8 Å². The number of nitrogens with one attached hydrogen (secondary N) is 1. The number of rotatable bonds is 8. The summed E-state index contributed by atoms with van der Waals surface area (Å²) in [6.45, 7) is 1.35. The lowest BCUT2D eigenvalue weighted by atomic mass is 10.3. The molecule has 24 heavy (non-hydrogen) atoms. The summed E-state index contributed by atoms with van der Waals surface area (Å²) >= 11 is 5.90. The van der Waals surface area contributed by atoms with Gasteiger partial charge in [-0.25, -0.2) is 0 Å². The van der Waals surface area contributed by atoms with Gasteiger partial charge in [0.15, 0.2) is 0 Å². The molecule has 1 N–H and O–H groups in total. The van der Waals surface area contributed by atoms with Crippen molar-refractivity contribution in [2.45, 2.75) is 0 Å². The van der Waals surface area contributed by atoms with Gasteiger partial charge in [-0.2, -0.15) is 0 Å². The fraction of sp³-hybridized carbons (Fsp3) is 0.278. The number of carbonyl (C=O) groups excluding carboxylic acids is 1. The fourth-order valence-electron chi connectivity index (χ4n) is 2.14. The van der Waals surface area contributed by atoms with Crippen molar-refractivity contribution in [3.05, 3.63) is 53.6 Å². The molecule has 2 rings (SSSR count). The summed E-state index contributed by atoms with van der Waals surface area (Å²) in [7, 11) is 3.44. The van der Waals surface area contributed by atoms with Crippen molar-refractivity contribution in [3.8, 4) is 11.5 Å². The monoisotopic (exact) mass is 348 g/mol. The van der Waals surface area contributed by atoms with Crippen LogP contribution in [0, 0.1) is 0 Å². The highest BCUT2D eigenvalue weighted by atomic mass is 35.5. The van der Waals surface area contributed by atoms with E-state index in [-0.39, 0.29) is 12.5 Å². The molecular formula is C18H21ClN2O3. The minimum atomic E-state index is -0.107. The molecule has 2 aromatic rings. The Kier molecular flexibility index (Phi) is 6.90. The third-order valence-electron chi connectivity index (χ3n) is 3.33. The van der Waals surface area contributed by atoms with E-state index < -0.39 is 0 Å². The first-order valence-electron chi connectivity index (χ1n) is 7.58. The van der Waals surface area contributed by atoms with Crippen LogP contribution in [0.25, 0.3) is 0 Å². The Bertz CT molecular complexity index is 679. The Morgan fingerprint density at radius 2 is 2.00 bits per heavy atom. The molecule has 0 aliphatic rings. The molecule has 0 radical (unpaired) electrons. The Labute approximate surface area is 147 Å². The Hall–Kier alpha value is -2.24. The molecule has 5 nitrogen and oxygen atoms in total. The van der Waals surface area contributed by atoms with Crippen molar-refractivity contribution in [2.75, 3.05) is 39.2 Å². The number of anilines is 1. The Morgan fingerprint density at radius 3 is 2.75 bits per heavy atom. The predicted molar refractivity (Wildman–Crippen MR) is 96.1 cm³/mol. The Balaban J connectivity index is 1.75. The normalized spacial score (nSPS) is 10.5. The van der Waals surface area contributed by atoms with Crippen molar-refractivity contribution in [1.82, 2.24) is 4.90 Å². The molecule has 0 fully saturated rings. The minimum absolute atomic E-state index is 0.107. The van der Waals surface area contributed by atoms with Crippen LogP contribution in [0.15, 0.2) is 48.5 Å². The average molecular weight is 349 g/mol. The van der Waals surface area contributed by atoms with E-state index >= 15 is 0 Å². The summed E-state index contributed by atoms with van der Waals surface area (Å²) in [5.74, 6) is 1.25. The summed E-state index contributed by atoms with van der Waals surface area (Å²) in [6.07, 6.45) is 0. The van der Waals surface area contributed by atoms with E-state index in [1.807, 2.05) is 36.2 Å². The maximum atomic E-state index is 12.1. The highest BCUT2D eigenvalue weighted by molar-refractivity contribution is 6.30. The van der Waals surface area contributed by atoms with E-state index in [9.17, 15) is 4.79 Å². The van der Waals surface area contributed by atoms with Gasteiger partial charge >= 0.3 is 0 Å². The molecule has 0 saturated heterocycles. The van der Waals surface area contributed by atoms with E-state index in [4.69, 9.17) is 21.1 Å². The fourth-order valence-corrected chi connectivity index (χ4v) is 2.32. The second kappa shape index (κ2) is 9.15. The molecule has 128 valence electrons. The first kappa shape index (κ1) is 18.1. The summed E-state index contributed by atoms with van der Waals surface area (Å²) in [6, 6.07) is 14.5. The molecule has 1 amide bonds. The summed E-state index contributed by atoms with van der Waals surface area (Å²) in [5, 5.41) is 3.48. The highest BCUT2D eigenvalue weighted by Gasteiger charge is 2.09. The lowest BCUT2D eigenvalue weighted by Crippen LogP contribution is -2.33. The first-order chi connectivity index (χ1) is 11.6. The third kappa shape index (κ3) is 5.76. The number of para-hydroxylation sites is 2. The van der Waals surface area contributed by atoms with E-state index in [0.717, 1.165) is 5.75 Å². The van der Waals surface area contributed by atoms with Crippen LogP contribution in [0.2, 0.25) is 5.02 Å². The number of halogens is 1. The summed E-state index contributed by atoms with van der Waals surface area (Å²) in [5.41, 5.74) is 0.661. The molecule has 0 bridgehead atoms. The average Bonchev–Trinajstić information content (AvgIpc) is 2.55. The van der Waals surface area contributed by atoms with Crippen LogP contribution in [0.1, 0.15) is 0 Å². The van der Waals surface area contributed by atoms with Crippen LogP contribution in [0.4, 0.5) is 5.69 Å². The molecule has 6 heteroatoms. The maximum absolute atomic E-state index is 12.1. The van der Waals surface area contributed by atoms with Gasteiger partial charge in [-0.1, -0.05) is 29.8 Å². The second-order valence-corrected chi connectivity index (χ2v) is 5.73. The predicted octanol–water partition coefficient (Wildman–Crippen LogP) is 3.30. The lowest BCUT2D eigenvalue weighted by Gasteiger charge is -2.17. The molecule has 0 spiro atoms. The van der Waals surface area contributed by atoms with Crippen LogP contribution in [-0.4, -0.2) is 44.7 Å². The van der Waals surface area contributed by atoms with Gasteiger partial charge in [-0.3, -0.25) is 9.69 Å². The number of likely N-dealkylation sites (N-methyl/N-ethyl adjacent to an activating group) is 1. The van der Waals surface area contributed by atoms with E-state index in [0.29, 0.717) is 29.6 Å². The number of amides is 1. The number of hydrogen-bond donors (Lipinski definition) is 1. The molecule has 0 aliphatic carbocycles. The van der Waals surface area contributed by atoms with Crippen LogP contribution in [0.3, 0.4) is 0 Å². The van der Waals surface area contributed by atoms with Gasteiger partial charge in [0.2, 0.25) is 5.91 Å². The summed E-state index contributed by atoms with van der Waals surface area (Å²) < 4.78 is 10.8. The molecule has 0 heterocycles. The number of carbonyl (C=O) groups is 1. The summed E-state index contributed by atoms with van der Waals surface area (Å²) in [4.78, 5) is 14.0. The van der Waals surface area contributed by atoms with Crippen LogP contribution in [-0.2, 0) is 4.79 Å². The van der Waals surface area contributed by atoms with E-state index in [1.54, 1.807) is 31.4 Å². The van der Waals surface area contributed by atoms with Gasteiger partial charge < -0.3 is 14.8 Å². The zero-order chi connectivity index (χ0) is 17.4. The molecule has 2 aromatic carbocycles. The van der Waals surface area contributed by atoms with Gasteiger partial charge in [0.05, 0.1) is 19.3 Å². The van der Waals surface area contributed by atoms with Gasteiger partial charge in [0.1, 0.15) is 18.1 Å². The van der Waals surface area contributed by atoms with E-state index in [2.05, 4.69) is 5.32 Å². The van der Waals surface area contributed by atoms with Crippen LogP contribution >= 0.6 is 11.6 Å². The first-order valence-corrected chi connectivity index (χ1v) is 7.96. The number of benzene rings is 2. The molecule has 0 aliphatic heterocycles. The van der Waals surface area contributed by atoms with Crippen molar-refractivity contribution < 1.29 is 14.3 Å². The number of nitrogens with zero attached hydrogens (tertiary/aromatic N) is 1. The van der Waals surface area contributed by atoms with E-state index in [1.165, 1.54) is 0 Å². The van der Waals surface area contributed by atoms with Gasteiger partial charge in [-0.15, -0.1) is 0 Å². The lowest BCUT2D eigenvalue weighted by molar-refractivity contribution is -0.117. The standard InChI is InChI=1S/C18H21ClN2O3/c1-21(10-11-24-15-7-5-6-14(19)12-15)13-18(22)20-16-8-3-4-9-17(16)23-2/h3-9,12H,10-11,13H2,1-2H3,(H,20,22). The minimum Gasteiger partial charge on any atom is -0.495 e. The molecule has 0 aromatic heterocycles. The van der Waals surface area contributed by atoms with Gasteiger partial charge in [0.25, 0.3) is 0 Å². The second-order valence-electron chi connectivity index (χ2n) is 5.29. The molecule has 0 atom stereocenters. The Morgan fingerprint density at radius 1 is 1.21 bits per heavy atom. The van der Waals surface area contributed by atoms with Crippen molar-refractivity contribution in [1.29, 1.82) is 0 Å². The SMILES string of the molecule is COc1ccccc1NC(=O)CN(C)CCOc1cccc(Cl)c1. The quantitative estimate of drug-likeness (QED) is 0.795. The van der Waals surface area contributed by atoms with Crippen molar-refractivity contribution in [3.63, 3.8) is 0 Å². The third-order valence-corrected chi connectivity index (χ3v) is 3.57. The zero-order valence-electron chi connectivity index (χ0n) is 13.8. The number of hydrogen-bond acceptors (Lipinski definition) is 4. The number of methoxy groups -OCH3 is 1. The van der Waals surface area contributed by atoms with Crippen LogP contribution < -0.4 is 14.8 Å². The highest BCUT2D eigenvalue weighted by Crippen LogP contribution is 2.22. The van der Waals surface area contributed by atoms with Crippen LogP contribution in [0.5, 0.6) is 11.5 Å².